The number of ether oxygens (including phenoxy) is 1. The molecule has 1 aliphatic heterocycles. The summed E-state index contributed by atoms with van der Waals surface area (Å²) < 4.78 is 5.20. The summed E-state index contributed by atoms with van der Waals surface area (Å²) in [6.45, 7) is 0.434. The number of carbonyl (C=O) groups is 5. The van der Waals surface area contributed by atoms with E-state index in [-0.39, 0.29) is 65.7 Å². The molecular formula is C34H52N4O8S. The molecule has 4 unspecified atom stereocenters. The van der Waals surface area contributed by atoms with Crippen molar-refractivity contribution in [2.24, 2.45) is 35.3 Å². The normalized spacial score (nSPS) is 38.0. The Hall–Kier alpha value is -2.38. The minimum absolute atomic E-state index is 0.0101. The number of nitrogens with one attached hydrogen (secondary N) is 1. The van der Waals surface area contributed by atoms with Crippen LogP contribution in [0.4, 0.5) is 4.79 Å². The first-order valence-electron chi connectivity index (χ1n) is 17.8. The summed E-state index contributed by atoms with van der Waals surface area (Å²) >= 11 is 1.43. The Balaban J connectivity index is 0.946. The Morgan fingerprint density at radius 2 is 1.68 bits per heavy atom. The fraction of sp³-hybridized carbons (Fsp3) is 0.853. The number of likely N-dealkylation sites (tertiary alicyclic amines) is 1. The van der Waals surface area contributed by atoms with Gasteiger partial charge in [-0.05, 0) is 101 Å². The van der Waals surface area contributed by atoms with E-state index < -0.39 is 11.3 Å². The maximum Gasteiger partial charge on any atom is 0.404 e. The Morgan fingerprint density at radius 1 is 0.979 bits per heavy atom. The van der Waals surface area contributed by atoms with Gasteiger partial charge in [-0.2, -0.15) is 0 Å². The lowest BCUT2D eigenvalue weighted by Crippen LogP contribution is -2.64. The molecule has 6 saturated carbocycles. The number of carbonyl (C=O) groups excluding carboxylic acids is 5. The van der Waals surface area contributed by atoms with Gasteiger partial charge in [0.05, 0.1) is 17.5 Å². The monoisotopic (exact) mass is 676 g/mol. The van der Waals surface area contributed by atoms with Crippen LogP contribution < -0.4 is 11.1 Å². The zero-order chi connectivity index (χ0) is 33.3. The predicted octanol–water partition coefficient (Wildman–Crippen LogP) is 3.55. The Morgan fingerprint density at radius 3 is 2.36 bits per heavy atom. The molecule has 6 aliphatic carbocycles. The Labute approximate surface area is 281 Å². The molecule has 0 aromatic carbocycles. The molecule has 0 aromatic heterocycles. The van der Waals surface area contributed by atoms with Gasteiger partial charge in [0.2, 0.25) is 23.6 Å². The van der Waals surface area contributed by atoms with Crippen LogP contribution in [0.1, 0.15) is 96.3 Å². The van der Waals surface area contributed by atoms with Crippen molar-refractivity contribution in [1.82, 2.24) is 15.1 Å². The SMILES string of the molecule is CNC(=O)C1CCC(CN2C(=O)CC(SCCC(=O)N(C)C34CC5CC(C3)C(OO[C@@H]3CCCC(OC(N)=O)C3)C(C5)C4)C2=O)CC1. The summed E-state index contributed by atoms with van der Waals surface area (Å²) in [5.74, 6) is 1.92. The molecule has 7 rings (SSSR count). The summed E-state index contributed by atoms with van der Waals surface area (Å²) in [6, 6.07) is 0. The van der Waals surface area contributed by atoms with Crippen molar-refractivity contribution in [2.45, 2.75) is 125 Å². The number of rotatable bonds is 12. The number of hydrogen-bond acceptors (Lipinski definition) is 9. The van der Waals surface area contributed by atoms with Crippen molar-refractivity contribution in [2.75, 3.05) is 26.4 Å². The van der Waals surface area contributed by atoms with Gasteiger partial charge in [0.1, 0.15) is 6.10 Å². The van der Waals surface area contributed by atoms with Crippen LogP contribution in [0.5, 0.6) is 0 Å². The second-order valence-corrected chi connectivity index (χ2v) is 16.5. The molecule has 3 N–H and O–H groups in total. The van der Waals surface area contributed by atoms with E-state index in [2.05, 4.69) is 5.32 Å². The second-order valence-electron chi connectivity index (χ2n) is 15.1. The second kappa shape index (κ2) is 14.6. The fourth-order valence-corrected chi connectivity index (χ4v) is 11.0. The predicted molar refractivity (Wildman–Crippen MR) is 173 cm³/mol. The molecule has 7 aliphatic rings. The standard InChI is InChI=1S/C34H52N4O8S/c1-36-31(41)22-8-6-20(7-9-22)19-38-29(40)15-27(32(38)42)47-11-10-28(39)37(2)34-16-21-12-23(17-34)30(24(13-21)18-34)46-45-26-5-3-4-25(14-26)44-33(35)43/h20-27,30H,3-19H2,1-2H3,(H2,35,43)(H,36,41)/t20?,21?,22?,23?,24?,25?,26-,27?,30?,34?/m1/s1. The highest BCUT2D eigenvalue weighted by atomic mass is 32.2. The van der Waals surface area contributed by atoms with Crippen LogP contribution in [0.2, 0.25) is 0 Å². The molecule has 12 nitrogen and oxygen atoms in total. The molecule has 1 saturated heterocycles. The van der Waals surface area contributed by atoms with Gasteiger partial charge in [-0.25, -0.2) is 14.6 Å². The fourth-order valence-electron chi connectivity index (χ4n) is 9.87. The van der Waals surface area contributed by atoms with Gasteiger partial charge in [-0.3, -0.25) is 24.1 Å². The van der Waals surface area contributed by atoms with E-state index in [1.165, 1.54) is 16.7 Å². The molecule has 262 valence electrons. The van der Waals surface area contributed by atoms with E-state index in [0.717, 1.165) is 77.0 Å². The van der Waals surface area contributed by atoms with Crippen LogP contribution in [-0.2, 0) is 33.7 Å². The van der Waals surface area contributed by atoms with Gasteiger partial charge in [-0.1, -0.05) is 0 Å². The minimum atomic E-state index is -0.751. The molecular weight excluding hydrogens is 624 g/mol. The number of nitrogens with zero attached hydrogens (tertiary/aromatic N) is 2. The highest BCUT2D eigenvalue weighted by Crippen LogP contribution is 2.58. The van der Waals surface area contributed by atoms with E-state index >= 15 is 0 Å². The minimum Gasteiger partial charge on any atom is -0.446 e. The molecule has 5 atom stereocenters. The maximum atomic E-state index is 13.5. The van der Waals surface area contributed by atoms with Crippen LogP contribution in [0.25, 0.3) is 0 Å². The number of thioether (sulfide) groups is 1. The van der Waals surface area contributed by atoms with Crippen molar-refractivity contribution in [3.8, 4) is 0 Å². The van der Waals surface area contributed by atoms with Crippen molar-refractivity contribution in [3.05, 3.63) is 0 Å². The third-order valence-electron chi connectivity index (χ3n) is 12.1. The van der Waals surface area contributed by atoms with E-state index in [9.17, 15) is 24.0 Å². The first-order chi connectivity index (χ1) is 22.5. The molecule has 0 aromatic rings. The van der Waals surface area contributed by atoms with E-state index in [1.807, 2.05) is 11.9 Å². The summed E-state index contributed by atoms with van der Waals surface area (Å²) in [6.07, 6.45) is 10.8. The lowest BCUT2D eigenvalue weighted by molar-refractivity contribution is -0.387. The van der Waals surface area contributed by atoms with Crippen molar-refractivity contribution in [1.29, 1.82) is 0 Å². The van der Waals surface area contributed by atoms with Gasteiger partial charge in [0.25, 0.3) is 0 Å². The lowest BCUT2D eigenvalue weighted by Gasteiger charge is -2.61. The highest BCUT2D eigenvalue weighted by molar-refractivity contribution is 8.00. The van der Waals surface area contributed by atoms with Gasteiger partial charge in [0, 0.05) is 57.1 Å². The molecule has 1 heterocycles. The summed E-state index contributed by atoms with van der Waals surface area (Å²) in [7, 11) is 3.60. The van der Waals surface area contributed by atoms with Crippen LogP contribution in [0.3, 0.4) is 0 Å². The molecule has 5 amide bonds. The summed E-state index contributed by atoms with van der Waals surface area (Å²) in [5, 5.41) is 2.29. The third-order valence-corrected chi connectivity index (χ3v) is 13.4. The molecule has 13 heteroatoms. The Bertz CT molecular complexity index is 1190. The number of hydrogen-bond donors (Lipinski definition) is 2. The van der Waals surface area contributed by atoms with Crippen LogP contribution in [0.15, 0.2) is 0 Å². The molecule has 7 fully saturated rings. The lowest BCUT2D eigenvalue weighted by atomic mass is 9.51. The molecule has 47 heavy (non-hydrogen) atoms. The number of amides is 5. The number of imide groups is 1. The van der Waals surface area contributed by atoms with Crippen molar-refractivity contribution >= 4 is 41.5 Å². The average Bonchev–Trinajstić information content (AvgIpc) is 3.31. The summed E-state index contributed by atoms with van der Waals surface area (Å²) in [5.41, 5.74) is 5.04. The Kier molecular flexibility index (Phi) is 10.7. The largest absolute Gasteiger partial charge is 0.446 e. The van der Waals surface area contributed by atoms with Crippen molar-refractivity contribution in [3.63, 3.8) is 0 Å². The van der Waals surface area contributed by atoms with Crippen LogP contribution in [-0.4, -0.2) is 95.0 Å². The molecule has 0 radical (unpaired) electrons. The van der Waals surface area contributed by atoms with Gasteiger partial charge < -0.3 is 20.7 Å². The topological polar surface area (TPSA) is 158 Å². The zero-order valence-electron chi connectivity index (χ0n) is 27.9. The summed E-state index contributed by atoms with van der Waals surface area (Å²) in [4.78, 5) is 78.2. The number of nitrogens with two attached hydrogens (primary N) is 1. The quantitative estimate of drug-likeness (QED) is 0.179. The highest BCUT2D eigenvalue weighted by Gasteiger charge is 2.58. The maximum absolute atomic E-state index is 13.5. The van der Waals surface area contributed by atoms with Crippen LogP contribution >= 0.6 is 11.8 Å². The van der Waals surface area contributed by atoms with E-state index in [4.69, 9.17) is 20.2 Å². The third kappa shape index (κ3) is 7.61. The van der Waals surface area contributed by atoms with Gasteiger partial charge in [-0.15, -0.1) is 11.8 Å². The zero-order valence-corrected chi connectivity index (χ0v) is 28.7. The molecule has 4 bridgehead atoms. The van der Waals surface area contributed by atoms with Crippen molar-refractivity contribution < 1.29 is 38.5 Å². The first-order valence-corrected chi connectivity index (χ1v) is 18.8. The van der Waals surface area contributed by atoms with Crippen LogP contribution in [0, 0.1) is 29.6 Å². The average molecular weight is 677 g/mol. The van der Waals surface area contributed by atoms with E-state index in [0.29, 0.717) is 42.9 Å². The molecule has 0 spiro atoms. The van der Waals surface area contributed by atoms with E-state index in [1.54, 1.807) is 7.05 Å². The number of primary amides is 1. The van der Waals surface area contributed by atoms with Gasteiger partial charge in [0.15, 0.2) is 0 Å². The smallest absolute Gasteiger partial charge is 0.404 e. The first kappa shape index (κ1) is 34.5. The van der Waals surface area contributed by atoms with Gasteiger partial charge >= 0.3 is 6.09 Å².